The average Bonchev–Trinajstić information content (AvgIpc) is 2.30. The Balaban J connectivity index is 2.63. The van der Waals surface area contributed by atoms with Crippen molar-refractivity contribution in [2.24, 2.45) is 0 Å². The molecule has 0 saturated carbocycles. The summed E-state index contributed by atoms with van der Waals surface area (Å²) in [5, 5.41) is 17.9. The number of rotatable bonds is 0. The Bertz CT molecular complexity index is 299. The molecule has 0 amide bonds. The minimum absolute atomic E-state index is 0.483. The van der Waals surface area contributed by atoms with E-state index in [1.807, 2.05) is 0 Å². The van der Waals surface area contributed by atoms with Crippen molar-refractivity contribution in [3.8, 4) is 12.1 Å². The third kappa shape index (κ3) is 4.91. The zero-order chi connectivity index (χ0) is 11.6. The van der Waals surface area contributed by atoms with Crippen molar-refractivity contribution < 1.29 is 9.47 Å². The minimum atomic E-state index is 0.483. The van der Waals surface area contributed by atoms with E-state index in [1.165, 1.54) is 23.5 Å². The first kappa shape index (κ1) is 13.4. The van der Waals surface area contributed by atoms with Gasteiger partial charge in [-0.2, -0.15) is 10.5 Å². The summed E-state index contributed by atoms with van der Waals surface area (Å²) in [6.45, 7) is 2.31. The highest BCUT2D eigenvalue weighted by atomic mass is 32.2. The van der Waals surface area contributed by atoms with Crippen LogP contribution in [0.2, 0.25) is 0 Å². The summed E-state index contributed by atoms with van der Waals surface area (Å²) in [6, 6.07) is 4.12. The van der Waals surface area contributed by atoms with Crippen LogP contribution in [0.5, 0.6) is 0 Å². The molecule has 6 heteroatoms. The molecule has 0 saturated heterocycles. The minimum Gasteiger partial charge on any atom is -0.378 e. The molecule has 0 aromatic heterocycles. The quantitative estimate of drug-likeness (QED) is 0.658. The highest BCUT2D eigenvalue weighted by molar-refractivity contribution is 8.07. The van der Waals surface area contributed by atoms with Crippen LogP contribution in [-0.2, 0) is 9.47 Å². The van der Waals surface area contributed by atoms with Crippen molar-refractivity contribution in [2.45, 2.75) is 0 Å². The Hall–Kier alpha value is -0.660. The third-order valence-corrected chi connectivity index (χ3v) is 3.77. The van der Waals surface area contributed by atoms with Crippen molar-refractivity contribution in [1.82, 2.24) is 0 Å². The van der Waals surface area contributed by atoms with Gasteiger partial charge in [-0.05, 0) is 0 Å². The summed E-state index contributed by atoms with van der Waals surface area (Å²) in [4.78, 5) is 0.966. The number of allylic oxidation sites excluding steroid dienone is 2. The van der Waals surface area contributed by atoms with Crippen LogP contribution in [0.1, 0.15) is 0 Å². The Morgan fingerprint density at radius 2 is 1.25 bits per heavy atom. The molecule has 0 spiro atoms. The Labute approximate surface area is 104 Å². The average molecular weight is 256 g/mol. The molecule has 1 rings (SSSR count). The van der Waals surface area contributed by atoms with Crippen molar-refractivity contribution in [3.05, 3.63) is 9.81 Å². The second-order valence-corrected chi connectivity index (χ2v) is 5.01. The van der Waals surface area contributed by atoms with E-state index in [2.05, 4.69) is 12.1 Å². The molecule has 0 aromatic rings. The van der Waals surface area contributed by atoms with Crippen LogP contribution in [0.3, 0.4) is 0 Å². The van der Waals surface area contributed by atoms with E-state index >= 15 is 0 Å². The van der Waals surface area contributed by atoms with E-state index < -0.39 is 0 Å². The fourth-order valence-corrected chi connectivity index (χ4v) is 2.67. The van der Waals surface area contributed by atoms with Gasteiger partial charge in [-0.25, -0.2) is 0 Å². The second-order valence-electron chi connectivity index (χ2n) is 2.80. The molecular weight excluding hydrogens is 244 g/mol. The summed E-state index contributed by atoms with van der Waals surface area (Å²) < 4.78 is 10.6. The normalized spacial score (nSPS) is 24.6. The lowest BCUT2D eigenvalue weighted by Gasteiger charge is -2.08. The van der Waals surface area contributed by atoms with Gasteiger partial charge >= 0.3 is 0 Å². The molecule has 0 bridgehead atoms. The number of thioether (sulfide) groups is 2. The van der Waals surface area contributed by atoms with Gasteiger partial charge in [0.05, 0.1) is 26.4 Å². The van der Waals surface area contributed by atoms with E-state index in [1.54, 1.807) is 0 Å². The van der Waals surface area contributed by atoms with Gasteiger partial charge in [0, 0.05) is 11.5 Å². The predicted molar refractivity (Wildman–Crippen MR) is 64.8 cm³/mol. The monoisotopic (exact) mass is 256 g/mol. The van der Waals surface area contributed by atoms with Gasteiger partial charge in [-0.1, -0.05) is 0 Å². The first-order chi connectivity index (χ1) is 7.88. The Kier molecular flexibility index (Phi) is 7.11. The third-order valence-electron chi connectivity index (χ3n) is 1.73. The molecule has 1 aliphatic heterocycles. The van der Waals surface area contributed by atoms with Crippen LogP contribution in [0.25, 0.3) is 0 Å². The van der Waals surface area contributed by atoms with Gasteiger partial charge in [0.25, 0.3) is 0 Å². The van der Waals surface area contributed by atoms with E-state index in [9.17, 15) is 0 Å². The fourth-order valence-electron chi connectivity index (χ4n) is 1.02. The number of ether oxygens (including phenoxy) is 2. The molecule has 86 valence electrons. The van der Waals surface area contributed by atoms with Crippen molar-refractivity contribution in [2.75, 3.05) is 37.9 Å². The molecular formula is C10H12N2O2S2. The van der Waals surface area contributed by atoms with Crippen LogP contribution >= 0.6 is 23.5 Å². The fraction of sp³-hybridized carbons (Fsp3) is 0.600. The number of hydrogen-bond donors (Lipinski definition) is 0. The molecule has 0 radical (unpaired) electrons. The first-order valence-corrected chi connectivity index (χ1v) is 6.81. The standard InChI is InChI=1S/C10H12N2O2S2/c11-7-9-10(8-12)16-6-4-14-2-1-13-3-5-15-9/h1-6H2/b10-9-. The number of hydrogen-bond acceptors (Lipinski definition) is 6. The Morgan fingerprint density at radius 3 is 1.62 bits per heavy atom. The first-order valence-electron chi connectivity index (χ1n) is 4.84. The molecule has 1 heterocycles. The second kappa shape index (κ2) is 8.49. The van der Waals surface area contributed by atoms with E-state index in [4.69, 9.17) is 20.0 Å². The lowest BCUT2D eigenvalue weighted by atomic mass is 10.5. The molecule has 0 atom stereocenters. The maximum Gasteiger partial charge on any atom is 0.109 e. The van der Waals surface area contributed by atoms with Gasteiger partial charge < -0.3 is 9.47 Å². The largest absolute Gasteiger partial charge is 0.378 e. The topological polar surface area (TPSA) is 66.0 Å². The highest BCUT2D eigenvalue weighted by Crippen LogP contribution is 2.26. The summed E-state index contributed by atoms with van der Waals surface area (Å²) in [7, 11) is 0. The van der Waals surface area contributed by atoms with Crippen molar-refractivity contribution in [1.29, 1.82) is 10.5 Å². The van der Waals surface area contributed by atoms with E-state index in [-0.39, 0.29) is 0 Å². The lowest BCUT2D eigenvalue weighted by molar-refractivity contribution is 0.0605. The summed E-state index contributed by atoms with van der Waals surface area (Å²) in [6.07, 6.45) is 0. The number of nitrogens with zero attached hydrogens (tertiary/aromatic N) is 2. The molecule has 4 nitrogen and oxygen atoms in total. The van der Waals surface area contributed by atoms with Crippen LogP contribution in [0, 0.1) is 22.7 Å². The predicted octanol–water partition coefficient (Wildman–Crippen LogP) is 1.76. The smallest absolute Gasteiger partial charge is 0.109 e. The zero-order valence-corrected chi connectivity index (χ0v) is 10.4. The molecule has 1 aliphatic rings. The van der Waals surface area contributed by atoms with Gasteiger partial charge in [-0.15, -0.1) is 23.5 Å². The van der Waals surface area contributed by atoms with Crippen molar-refractivity contribution in [3.63, 3.8) is 0 Å². The van der Waals surface area contributed by atoms with Crippen LogP contribution in [0.4, 0.5) is 0 Å². The van der Waals surface area contributed by atoms with Crippen LogP contribution in [-0.4, -0.2) is 37.9 Å². The van der Waals surface area contributed by atoms with E-state index in [0.29, 0.717) is 47.7 Å². The molecule has 16 heavy (non-hydrogen) atoms. The zero-order valence-electron chi connectivity index (χ0n) is 8.77. The maximum atomic E-state index is 8.93. The van der Waals surface area contributed by atoms with Crippen LogP contribution in [0.15, 0.2) is 9.81 Å². The SMILES string of the molecule is N#C/C1=C(\C#N)SCCOCCOCCS1. The summed E-state index contributed by atoms with van der Waals surface area (Å²) in [5.74, 6) is 1.38. The summed E-state index contributed by atoms with van der Waals surface area (Å²) >= 11 is 2.76. The number of nitriles is 2. The van der Waals surface area contributed by atoms with Gasteiger partial charge in [0.15, 0.2) is 0 Å². The van der Waals surface area contributed by atoms with Crippen LogP contribution < -0.4 is 0 Å². The lowest BCUT2D eigenvalue weighted by Crippen LogP contribution is -2.09. The maximum absolute atomic E-state index is 8.93. The molecule has 0 aliphatic carbocycles. The highest BCUT2D eigenvalue weighted by Gasteiger charge is 2.08. The molecule has 0 N–H and O–H groups in total. The van der Waals surface area contributed by atoms with Gasteiger partial charge in [0.2, 0.25) is 0 Å². The molecule has 0 fully saturated rings. The van der Waals surface area contributed by atoms with E-state index in [0.717, 1.165) is 0 Å². The molecule has 0 unspecified atom stereocenters. The summed E-state index contributed by atoms with van der Waals surface area (Å²) in [5.41, 5.74) is 0. The van der Waals surface area contributed by atoms with Gasteiger partial charge in [0.1, 0.15) is 21.9 Å². The van der Waals surface area contributed by atoms with Crippen molar-refractivity contribution >= 4 is 23.5 Å². The molecule has 0 aromatic carbocycles. The Morgan fingerprint density at radius 1 is 0.812 bits per heavy atom. The van der Waals surface area contributed by atoms with Gasteiger partial charge in [-0.3, -0.25) is 0 Å².